The van der Waals surface area contributed by atoms with Crippen LogP contribution in [-0.2, 0) is 0 Å². The van der Waals surface area contributed by atoms with Crippen LogP contribution in [0, 0.1) is 0 Å². The van der Waals surface area contributed by atoms with E-state index < -0.39 is 0 Å². The fourth-order valence-corrected chi connectivity index (χ4v) is 4.49. The Morgan fingerprint density at radius 2 is 1.79 bits per heavy atom. The zero-order valence-corrected chi connectivity index (χ0v) is 14.7. The first kappa shape index (κ1) is 15.7. The molecule has 1 atom stereocenters. The summed E-state index contributed by atoms with van der Waals surface area (Å²) in [5.74, 6) is 0.731. The third-order valence-corrected chi connectivity index (χ3v) is 5.78. The van der Waals surface area contributed by atoms with Gasteiger partial charge in [0.2, 0.25) is 0 Å². The molecule has 0 radical (unpaired) electrons. The van der Waals surface area contributed by atoms with Gasteiger partial charge in [-0.2, -0.15) is 0 Å². The summed E-state index contributed by atoms with van der Waals surface area (Å²) in [6.07, 6.45) is 13.4. The summed E-state index contributed by atoms with van der Waals surface area (Å²) in [4.78, 5) is 5.19. The van der Waals surface area contributed by atoms with Crippen LogP contribution in [0.4, 0.5) is 0 Å². The normalized spacial score (nSPS) is 31.7. The summed E-state index contributed by atoms with van der Waals surface area (Å²) < 4.78 is 0. The van der Waals surface area contributed by atoms with Crippen molar-refractivity contribution in [3.05, 3.63) is 59.3 Å². The number of aliphatic imine (C=N–C) groups is 1. The molecular formula is C22H28N2. The van der Waals surface area contributed by atoms with Crippen LogP contribution in [0.2, 0.25) is 0 Å². The van der Waals surface area contributed by atoms with Crippen LogP contribution in [0.25, 0.3) is 0 Å². The van der Waals surface area contributed by atoms with Gasteiger partial charge in [0.1, 0.15) is 0 Å². The minimum absolute atomic E-state index is 0.503. The molecule has 0 aromatic heterocycles. The van der Waals surface area contributed by atoms with Gasteiger partial charge in [0.25, 0.3) is 0 Å². The monoisotopic (exact) mass is 320 g/mol. The van der Waals surface area contributed by atoms with Crippen molar-refractivity contribution < 1.29 is 0 Å². The van der Waals surface area contributed by atoms with Gasteiger partial charge in [-0.25, -0.2) is 0 Å². The van der Waals surface area contributed by atoms with Gasteiger partial charge in [-0.15, -0.1) is 0 Å². The third kappa shape index (κ3) is 3.33. The molecule has 0 bridgehead atoms. The van der Waals surface area contributed by atoms with Gasteiger partial charge in [0.05, 0.1) is 17.8 Å². The highest BCUT2D eigenvalue weighted by atomic mass is 15.0. The molecule has 3 aliphatic rings. The molecule has 1 aromatic carbocycles. The number of nitrogens with one attached hydrogen (secondary N) is 1. The van der Waals surface area contributed by atoms with Gasteiger partial charge in [0, 0.05) is 5.70 Å². The van der Waals surface area contributed by atoms with E-state index in [1.165, 1.54) is 67.5 Å². The SMILES string of the molecule is CC1=CC(=NC2CCC(c3ccccc3)CC2)C2=CCCCC2N1. The topological polar surface area (TPSA) is 24.4 Å². The Kier molecular flexibility index (Phi) is 4.55. The van der Waals surface area contributed by atoms with Crippen molar-refractivity contribution >= 4 is 5.71 Å². The molecule has 0 spiro atoms. The Hall–Kier alpha value is -1.83. The molecular weight excluding hydrogens is 292 g/mol. The molecule has 126 valence electrons. The summed E-state index contributed by atoms with van der Waals surface area (Å²) in [7, 11) is 0. The van der Waals surface area contributed by atoms with Crippen molar-refractivity contribution in [2.24, 2.45) is 4.99 Å². The minimum atomic E-state index is 0.503. The van der Waals surface area contributed by atoms with Crippen molar-refractivity contribution in [2.75, 3.05) is 0 Å². The molecule has 2 heteroatoms. The number of nitrogens with zero attached hydrogens (tertiary/aromatic N) is 1. The number of hydrogen-bond donors (Lipinski definition) is 1. The van der Waals surface area contributed by atoms with E-state index >= 15 is 0 Å². The van der Waals surface area contributed by atoms with Crippen LogP contribution in [0.3, 0.4) is 0 Å². The summed E-state index contributed by atoms with van der Waals surface area (Å²) in [5, 5.41) is 3.63. The summed E-state index contributed by atoms with van der Waals surface area (Å²) >= 11 is 0. The molecule has 0 saturated heterocycles. The lowest BCUT2D eigenvalue weighted by Crippen LogP contribution is -2.38. The smallest absolute Gasteiger partial charge is 0.0644 e. The highest BCUT2D eigenvalue weighted by molar-refractivity contribution is 6.10. The van der Waals surface area contributed by atoms with E-state index in [-0.39, 0.29) is 0 Å². The first-order chi connectivity index (χ1) is 11.8. The molecule has 4 rings (SSSR count). The fraction of sp³-hybridized carbons (Fsp3) is 0.500. The second-order valence-electron chi connectivity index (χ2n) is 7.55. The lowest BCUT2D eigenvalue weighted by molar-refractivity contribution is 0.397. The molecule has 24 heavy (non-hydrogen) atoms. The predicted octanol–water partition coefficient (Wildman–Crippen LogP) is 5.14. The number of benzene rings is 1. The molecule has 2 aliphatic carbocycles. The van der Waals surface area contributed by atoms with E-state index in [2.05, 4.69) is 54.7 Å². The standard InChI is InChI=1S/C22H28N2/c1-16-15-22(20-9-5-6-10-21(20)23-16)24-19-13-11-18(12-14-19)17-7-3-2-4-8-17/h2-4,7-9,15,18-19,21,23H,5-6,10-14H2,1H3. The van der Waals surface area contributed by atoms with Gasteiger partial charge in [0.15, 0.2) is 0 Å². The second-order valence-corrected chi connectivity index (χ2v) is 7.55. The molecule has 1 saturated carbocycles. The van der Waals surface area contributed by atoms with Crippen molar-refractivity contribution in [3.63, 3.8) is 0 Å². The van der Waals surface area contributed by atoms with Crippen molar-refractivity contribution in [1.29, 1.82) is 0 Å². The maximum absolute atomic E-state index is 5.19. The van der Waals surface area contributed by atoms with Gasteiger partial charge < -0.3 is 5.32 Å². The molecule has 1 N–H and O–H groups in total. The van der Waals surface area contributed by atoms with Crippen molar-refractivity contribution in [3.8, 4) is 0 Å². The largest absolute Gasteiger partial charge is 0.382 e. The first-order valence-corrected chi connectivity index (χ1v) is 9.57. The number of fused-ring (bicyclic) bond motifs is 1. The average Bonchev–Trinajstić information content (AvgIpc) is 2.63. The lowest BCUT2D eigenvalue weighted by atomic mass is 9.81. The zero-order valence-electron chi connectivity index (χ0n) is 14.7. The molecule has 1 aromatic rings. The van der Waals surface area contributed by atoms with Crippen molar-refractivity contribution in [1.82, 2.24) is 5.32 Å². The highest BCUT2D eigenvalue weighted by Crippen LogP contribution is 2.35. The Bertz CT molecular complexity index is 660. The molecule has 1 unspecified atom stereocenters. The van der Waals surface area contributed by atoms with Crippen LogP contribution in [-0.4, -0.2) is 17.8 Å². The summed E-state index contributed by atoms with van der Waals surface area (Å²) in [6, 6.07) is 12.0. The van der Waals surface area contributed by atoms with E-state index in [0.29, 0.717) is 12.1 Å². The molecule has 1 aliphatic heterocycles. The first-order valence-electron chi connectivity index (χ1n) is 9.57. The van der Waals surface area contributed by atoms with E-state index in [1.54, 1.807) is 0 Å². The Morgan fingerprint density at radius 1 is 1.00 bits per heavy atom. The van der Waals surface area contributed by atoms with Crippen LogP contribution in [0.15, 0.2) is 58.7 Å². The van der Waals surface area contributed by atoms with Gasteiger partial charge in [-0.1, -0.05) is 36.4 Å². The Morgan fingerprint density at radius 3 is 2.58 bits per heavy atom. The number of rotatable bonds is 2. The average molecular weight is 320 g/mol. The van der Waals surface area contributed by atoms with E-state index in [1.807, 2.05) is 0 Å². The summed E-state index contributed by atoms with van der Waals surface area (Å²) in [6.45, 7) is 2.17. The molecule has 1 fully saturated rings. The van der Waals surface area contributed by atoms with Crippen LogP contribution in [0.1, 0.15) is 63.4 Å². The van der Waals surface area contributed by atoms with Gasteiger partial charge in [-0.05, 0) is 75.0 Å². The van der Waals surface area contributed by atoms with Crippen molar-refractivity contribution in [2.45, 2.75) is 69.9 Å². The van der Waals surface area contributed by atoms with Crippen LogP contribution in [0.5, 0.6) is 0 Å². The molecule has 2 nitrogen and oxygen atoms in total. The Labute approximate surface area is 145 Å². The zero-order chi connectivity index (χ0) is 16.4. The molecule has 0 amide bonds. The van der Waals surface area contributed by atoms with E-state index in [0.717, 1.165) is 5.92 Å². The minimum Gasteiger partial charge on any atom is -0.382 e. The quantitative estimate of drug-likeness (QED) is 0.801. The van der Waals surface area contributed by atoms with Crippen LogP contribution < -0.4 is 5.32 Å². The number of allylic oxidation sites excluding steroid dienone is 3. The lowest BCUT2D eigenvalue weighted by Gasteiger charge is -2.32. The van der Waals surface area contributed by atoms with E-state index in [9.17, 15) is 0 Å². The second kappa shape index (κ2) is 6.96. The Balaban J connectivity index is 1.46. The number of hydrogen-bond acceptors (Lipinski definition) is 2. The highest BCUT2D eigenvalue weighted by Gasteiger charge is 2.27. The van der Waals surface area contributed by atoms with Gasteiger partial charge >= 0.3 is 0 Å². The van der Waals surface area contributed by atoms with Crippen LogP contribution >= 0.6 is 0 Å². The molecule has 1 heterocycles. The third-order valence-electron chi connectivity index (χ3n) is 5.78. The summed E-state index contributed by atoms with van der Waals surface area (Å²) in [5.41, 5.74) is 5.50. The maximum atomic E-state index is 5.19. The maximum Gasteiger partial charge on any atom is 0.0644 e. The predicted molar refractivity (Wildman–Crippen MR) is 101 cm³/mol. The van der Waals surface area contributed by atoms with E-state index in [4.69, 9.17) is 4.99 Å². The fourth-order valence-electron chi connectivity index (χ4n) is 4.49. The van der Waals surface area contributed by atoms with Gasteiger partial charge in [-0.3, -0.25) is 4.99 Å².